The molecule has 0 saturated heterocycles. The van der Waals surface area contributed by atoms with E-state index in [1.54, 1.807) is 4.90 Å². The van der Waals surface area contributed by atoms with Crippen molar-refractivity contribution < 1.29 is 23.9 Å². The van der Waals surface area contributed by atoms with E-state index in [2.05, 4.69) is 13.8 Å². The first-order chi connectivity index (χ1) is 20.9. The monoisotopic (exact) mass is 611 g/mol. The van der Waals surface area contributed by atoms with Crippen molar-refractivity contribution in [3.63, 3.8) is 0 Å². The van der Waals surface area contributed by atoms with Crippen molar-refractivity contribution in [1.82, 2.24) is 9.80 Å². The minimum atomic E-state index is -0.200. The Kier molecular flexibility index (Phi) is 30.6. The number of carbonyl (C=O) groups excluding carboxylic acids is 3. The summed E-state index contributed by atoms with van der Waals surface area (Å²) in [5.41, 5.74) is 0. The molecule has 0 rings (SSSR count). The number of ether oxygens (including phenoxy) is 2. The van der Waals surface area contributed by atoms with Gasteiger partial charge in [0.2, 0.25) is 5.91 Å². The molecule has 0 unspecified atom stereocenters. The van der Waals surface area contributed by atoms with Gasteiger partial charge in [-0.3, -0.25) is 14.4 Å². The van der Waals surface area contributed by atoms with Crippen LogP contribution >= 0.6 is 0 Å². The molecule has 0 atom stereocenters. The Balaban J connectivity index is 3.96. The highest BCUT2D eigenvalue weighted by molar-refractivity contribution is 5.78. The van der Waals surface area contributed by atoms with E-state index in [4.69, 9.17) is 9.47 Å². The van der Waals surface area contributed by atoms with Crippen LogP contribution in [0.1, 0.15) is 168 Å². The van der Waals surface area contributed by atoms with Crippen LogP contribution in [0, 0.1) is 0 Å². The molecule has 0 aliphatic rings. The van der Waals surface area contributed by atoms with Crippen molar-refractivity contribution in [2.75, 3.05) is 46.9 Å². The highest BCUT2D eigenvalue weighted by Gasteiger charge is 2.16. The third-order valence-corrected chi connectivity index (χ3v) is 8.02. The van der Waals surface area contributed by atoms with Gasteiger partial charge in [0.15, 0.2) is 0 Å². The lowest BCUT2D eigenvalue weighted by Crippen LogP contribution is -2.42. The summed E-state index contributed by atoms with van der Waals surface area (Å²) in [4.78, 5) is 40.5. The zero-order chi connectivity index (χ0) is 31.8. The maximum atomic E-state index is 12.7. The van der Waals surface area contributed by atoms with E-state index in [1.165, 1.54) is 116 Å². The second-order valence-corrected chi connectivity index (χ2v) is 12.6. The van der Waals surface area contributed by atoms with Crippen LogP contribution in [-0.2, 0) is 23.9 Å². The summed E-state index contributed by atoms with van der Waals surface area (Å²) in [5.74, 6) is -0.462. The highest BCUT2D eigenvalue weighted by atomic mass is 16.5. The maximum absolute atomic E-state index is 12.7. The molecule has 254 valence electrons. The average molecular weight is 611 g/mol. The standard InChI is InChI=1S/C36H70N2O5/c1-5-7-9-11-13-15-17-19-21-23-25-27-35(40)42-31-29-38(34(39)33-37(3)4)30-32-43-36(41)28-26-24-22-20-18-16-14-12-10-8-6-2/h5-33H2,1-4H3. The van der Waals surface area contributed by atoms with E-state index in [0.29, 0.717) is 25.9 Å². The molecule has 0 bridgehead atoms. The van der Waals surface area contributed by atoms with Crippen molar-refractivity contribution in [3.8, 4) is 0 Å². The second-order valence-electron chi connectivity index (χ2n) is 12.6. The number of carbonyl (C=O) groups is 3. The van der Waals surface area contributed by atoms with Crippen LogP contribution in [0.25, 0.3) is 0 Å². The van der Waals surface area contributed by atoms with E-state index in [9.17, 15) is 14.4 Å². The number of rotatable bonds is 32. The van der Waals surface area contributed by atoms with Crippen molar-refractivity contribution >= 4 is 17.8 Å². The smallest absolute Gasteiger partial charge is 0.305 e. The molecule has 0 aliphatic heterocycles. The van der Waals surface area contributed by atoms with Crippen LogP contribution in [0.4, 0.5) is 0 Å². The van der Waals surface area contributed by atoms with Gasteiger partial charge < -0.3 is 19.3 Å². The Morgan fingerprint density at radius 2 is 0.767 bits per heavy atom. The van der Waals surface area contributed by atoms with E-state index < -0.39 is 0 Å². The fraction of sp³-hybridized carbons (Fsp3) is 0.917. The lowest BCUT2D eigenvalue weighted by molar-refractivity contribution is -0.148. The fourth-order valence-electron chi connectivity index (χ4n) is 5.28. The Morgan fingerprint density at radius 3 is 1.07 bits per heavy atom. The predicted molar refractivity (Wildman–Crippen MR) is 179 cm³/mol. The molecule has 43 heavy (non-hydrogen) atoms. The van der Waals surface area contributed by atoms with Crippen LogP contribution < -0.4 is 0 Å². The average Bonchev–Trinajstić information content (AvgIpc) is 2.97. The molecule has 0 aromatic rings. The molecule has 0 aromatic carbocycles. The van der Waals surface area contributed by atoms with E-state index in [-0.39, 0.29) is 37.6 Å². The number of likely N-dealkylation sites (N-methyl/N-ethyl adjacent to an activating group) is 1. The largest absolute Gasteiger partial charge is 0.464 e. The molecule has 0 fully saturated rings. The molecule has 0 N–H and O–H groups in total. The predicted octanol–water partition coefficient (Wildman–Crippen LogP) is 8.87. The number of nitrogens with zero attached hydrogens (tertiary/aromatic N) is 2. The van der Waals surface area contributed by atoms with Gasteiger partial charge in [0.25, 0.3) is 0 Å². The molecule has 0 aromatic heterocycles. The van der Waals surface area contributed by atoms with Gasteiger partial charge in [0.1, 0.15) is 13.2 Å². The number of hydrogen-bond acceptors (Lipinski definition) is 6. The number of unbranched alkanes of at least 4 members (excludes halogenated alkanes) is 20. The van der Waals surface area contributed by atoms with Gasteiger partial charge in [0.05, 0.1) is 19.6 Å². The number of hydrogen-bond donors (Lipinski definition) is 0. The van der Waals surface area contributed by atoms with E-state index >= 15 is 0 Å². The van der Waals surface area contributed by atoms with Crippen molar-refractivity contribution in [2.24, 2.45) is 0 Å². The van der Waals surface area contributed by atoms with Crippen molar-refractivity contribution in [1.29, 1.82) is 0 Å². The summed E-state index contributed by atoms with van der Waals surface area (Å²) in [6.07, 6.45) is 28.2. The van der Waals surface area contributed by atoms with Crippen LogP contribution in [0.2, 0.25) is 0 Å². The normalized spacial score (nSPS) is 11.2. The molecule has 0 saturated carbocycles. The molecule has 0 radical (unpaired) electrons. The zero-order valence-corrected chi connectivity index (χ0v) is 28.9. The highest BCUT2D eigenvalue weighted by Crippen LogP contribution is 2.13. The summed E-state index contributed by atoms with van der Waals surface area (Å²) < 4.78 is 10.8. The summed E-state index contributed by atoms with van der Waals surface area (Å²) >= 11 is 0. The van der Waals surface area contributed by atoms with Gasteiger partial charge in [0, 0.05) is 12.8 Å². The molecule has 7 nitrogen and oxygen atoms in total. The lowest BCUT2D eigenvalue weighted by Gasteiger charge is -2.24. The molecular weight excluding hydrogens is 540 g/mol. The molecule has 0 heterocycles. The first-order valence-corrected chi connectivity index (χ1v) is 18.1. The number of esters is 2. The Hall–Kier alpha value is -1.63. The first-order valence-electron chi connectivity index (χ1n) is 18.1. The van der Waals surface area contributed by atoms with Crippen LogP contribution in [0.5, 0.6) is 0 Å². The molecule has 7 heteroatoms. The van der Waals surface area contributed by atoms with Gasteiger partial charge in [-0.2, -0.15) is 0 Å². The fourth-order valence-corrected chi connectivity index (χ4v) is 5.28. The summed E-state index contributed by atoms with van der Waals surface area (Å²) in [5, 5.41) is 0. The Bertz CT molecular complexity index is 612. The topological polar surface area (TPSA) is 76.1 Å². The van der Waals surface area contributed by atoms with Gasteiger partial charge in [-0.15, -0.1) is 0 Å². The zero-order valence-electron chi connectivity index (χ0n) is 28.9. The molecule has 0 aliphatic carbocycles. The lowest BCUT2D eigenvalue weighted by atomic mass is 10.1. The van der Waals surface area contributed by atoms with Crippen LogP contribution in [0.15, 0.2) is 0 Å². The maximum Gasteiger partial charge on any atom is 0.305 e. The minimum absolute atomic E-state index is 0.0622. The second kappa shape index (κ2) is 31.8. The van der Waals surface area contributed by atoms with Crippen molar-refractivity contribution in [3.05, 3.63) is 0 Å². The van der Waals surface area contributed by atoms with E-state index in [1.807, 2.05) is 19.0 Å². The third kappa shape index (κ3) is 30.2. The first kappa shape index (κ1) is 41.4. The number of amides is 1. The Morgan fingerprint density at radius 1 is 0.465 bits per heavy atom. The van der Waals surface area contributed by atoms with Crippen LogP contribution in [-0.4, -0.2) is 74.6 Å². The van der Waals surface area contributed by atoms with Gasteiger partial charge in [-0.1, -0.05) is 142 Å². The van der Waals surface area contributed by atoms with Gasteiger partial charge in [-0.25, -0.2) is 0 Å². The Labute approximate surface area is 266 Å². The van der Waals surface area contributed by atoms with Crippen molar-refractivity contribution in [2.45, 2.75) is 168 Å². The SMILES string of the molecule is CCCCCCCCCCCCCC(=O)OCCN(CCOC(=O)CCCCCCCCCCCCC)C(=O)CN(C)C. The quantitative estimate of drug-likeness (QED) is 0.0559. The minimum Gasteiger partial charge on any atom is -0.464 e. The van der Waals surface area contributed by atoms with Crippen LogP contribution in [0.3, 0.4) is 0 Å². The van der Waals surface area contributed by atoms with Gasteiger partial charge in [-0.05, 0) is 26.9 Å². The molecular formula is C36H70N2O5. The van der Waals surface area contributed by atoms with Gasteiger partial charge >= 0.3 is 11.9 Å². The molecule has 0 spiro atoms. The summed E-state index contributed by atoms with van der Waals surface area (Å²) in [7, 11) is 3.69. The third-order valence-electron chi connectivity index (χ3n) is 8.02. The van der Waals surface area contributed by atoms with E-state index in [0.717, 1.165) is 25.7 Å². The summed E-state index contributed by atoms with van der Waals surface area (Å²) in [6, 6.07) is 0. The summed E-state index contributed by atoms with van der Waals surface area (Å²) in [6.45, 7) is 5.73. The molecule has 1 amide bonds.